The third kappa shape index (κ3) is 4.79. The van der Waals surface area contributed by atoms with E-state index in [4.69, 9.17) is 9.47 Å². The summed E-state index contributed by atoms with van der Waals surface area (Å²) in [5, 5.41) is 0.771. The molecule has 0 atom stereocenters. The molecule has 0 fully saturated rings. The summed E-state index contributed by atoms with van der Waals surface area (Å²) in [5.41, 5.74) is 2.42. The molecule has 3 aromatic rings. The van der Waals surface area contributed by atoms with E-state index in [1.165, 1.54) is 29.6 Å². The number of nitrogens with zero attached hydrogens (tertiary/aromatic N) is 1. The second kappa shape index (κ2) is 10.2. The molecule has 0 amide bonds. The second-order valence-corrected chi connectivity index (χ2v) is 9.26. The summed E-state index contributed by atoms with van der Waals surface area (Å²) in [4.78, 5) is 28.4. The minimum atomic E-state index is -3.87. The van der Waals surface area contributed by atoms with Crippen LogP contribution in [0.25, 0.3) is 10.9 Å². The third-order valence-electron chi connectivity index (χ3n) is 5.54. The van der Waals surface area contributed by atoms with Crippen LogP contribution in [-0.4, -0.2) is 56.3 Å². The van der Waals surface area contributed by atoms with Gasteiger partial charge in [-0.1, -0.05) is 39.0 Å². The third-order valence-corrected chi connectivity index (χ3v) is 7.61. The molecule has 1 heterocycles. The zero-order chi connectivity index (χ0) is 24.2. The van der Waals surface area contributed by atoms with Gasteiger partial charge in [-0.2, -0.15) is 4.31 Å². The Kier molecular flexibility index (Phi) is 7.55. The number of aromatic amines is 1. The van der Waals surface area contributed by atoms with E-state index in [1.54, 1.807) is 20.0 Å². The number of para-hydroxylation sites is 1. The summed E-state index contributed by atoms with van der Waals surface area (Å²) in [7, 11) is -2.51. The summed E-state index contributed by atoms with van der Waals surface area (Å²) in [6, 6.07) is 9.74. The Morgan fingerprint density at radius 2 is 1.79 bits per heavy atom. The number of H-pyrrole nitrogens is 1. The smallest absolute Gasteiger partial charge is 0.338 e. The molecule has 3 rings (SSSR count). The lowest BCUT2D eigenvalue weighted by Gasteiger charge is -2.20. The number of aromatic nitrogens is 1. The number of carbonyl (C=O) groups is 2. The molecule has 0 aliphatic carbocycles. The van der Waals surface area contributed by atoms with Gasteiger partial charge in [-0.05, 0) is 30.2 Å². The van der Waals surface area contributed by atoms with Gasteiger partial charge in [0.25, 0.3) is 0 Å². The first-order chi connectivity index (χ1) is 15.8. The van der Waals surface area contributed by atoms with Crippen LogP contribution in [-0.2, 0) is 21.2 Å². The molecule has 0 spiro atoms. The first kappa shape index (κ1) is 24.5. The van der Waals surface area contributed by atoms with Crippen molar-refractivity contribution in [2.24, 2.45) is 0 Å². The maximum atomic E-state index is 13.0. The van der Waals surface area contributed by atoms with Gasteiger partial charge in [-0.3, -0.25) is 4.79 Å². The van der Waals surface area contributed by atoms with E-state index in [1.807, 2.05) is 25.1 Å². The Morgan fingerprint density at radius 1 is 1.06 bits per heavy atom. The monoisotopic (exact) mass is 472 g/mol. The van der Waals surface area contributed by atoms with E-state index in [9.17, 15) is 18.0 Å². The number of fused-ring (bicyclic) bond motifs is 1. The topological polar surface area (TPSA) is 106 Å². The number of nitrogens with one attached hydrogen (secondary N) is 1. The lowest BCUT2D eigenvalue weighted by atomic mass is 10.1. The average Bonchev–Trinajstić information content (AvgIpc) is 3.27. The predicted octanol–water partition coefficient (Wildman–Crippen LogP) is 3.81. The molecule has 33 heavy (non-hydrogen) atoms. The maximum Gasteiger partial charge on any atom is 0.338 e. The number of benzene rings is 2. The Bertz CT molecular complexity index is 1280. The van der Waals surface area contributed by atoms with Crippen molar-refractivity contribution in [3.8, 4) is 5.75 Å². The van der Waals surface area contributed by atoms with Crippen molar-refractivity contribution < 1.29 is 27.5 Å². The van der Waals surface area contributed by atoms with Crippen molar-refractivity contribution in [2.45, 2.75) is 32.1 Å². The minimum Gasteiger partial charge on any atom is -0.495 e. The Balaban J connectivity index is 1.82. The van der Waals surface area contributed by atoms with Crippen LogP contribution in [0.2, 0.25) is 0 Å². The highest BCUT2D eigenvalue weighted by molar-refractivity contribution is 7.89. The largest absolute Gasteiger partial charge is 0.495 e. The van der Waals surface area contributed by atoms with E-state index in [2.05, 4.69) is 4.98 Å². The number of aryl methyl sites for hydroxylation is 1. The van der Waals surface area contributed by atoms with E-state index in [0.29, 0.717) is 5.56 Å². The van der Waals surface area contributed by atoms with Crippen molar-refractivity contribution in [1.29, 1.82) is 0 Å². The number of esters is 1. The van der Waals surface area contributed by atoms with Gasteiger partial charge >= 0.3 is 5.97 Å². The number of hydrogen-bond donors (Lipinski definition) is 1. The van der Waals surface area contributed by atoms with Crippen LogP contribution < -0.4 is 4.74 Å². The number of ketones is 1. The lowest BCUT2D eigenvalue weighted by molar-refractivity contribution is 0.0475. The lowest BCUT2D eigenvalue weighted by Crippen LogP contribution is -2.31. The molecule has 0 saturated heterocycles. The van der Waals surface area contributed by atoms with Crippen LogP contribution in [0.15, 0.2) is 47.5 Å². The second-order valence-electron chi connectivity index (χ2n) is 7.35. The van der Waals surface area contributed by atoms with Gasteiger partial charge in [-0.15, -0.1) is 0 Å². The average molecular weight is 473 g/mol. The highest BCUT2D eigenvalue weighted by Crippen LogP contribution is 2.28. The van der Waals surface area contributed by atoms with Crippen LogP contribution in [0.3, 0.4) is 0 Å². The number of ether oxygens (including phenoxy) is 2. The summed E-state index contributed by atoms with van der Waals surface area (Å²) in [5.74, 6) is -1.02. The Labute approximate surface area is 193 Å². The highest BCUT2D eigenvalue weighted by atomic mass is 32.2. The highest BCUT2D eigenvalue weighted by Gasteiger charge is 2.27. The van der Waals surface area contributed by atoms with Gasteiger partial charge in [0.2, 0.25) is 15.8 Å². The molecule has 0 aliphatic heterocycles. The van der Waals surface area contributed by atoms with Gasteiger partial charge < -0.3 is 14.5 Å². The number of rotatable bonds is 10. The molecule has 0 radical (unpaired) electrons. The fourth-order valence-corrected chi connectivity index (χ4v) is 5.38. The minimum absolute atomic E-state index is 0.0153. The zero-order valence-electron chi connectivity index (χ0n) is 19.2. The van der Waals surface area contributed by atoms with Gasteiger partial charge in [0.1, 0.15) is 10.6 Å². The van der Waals surface area contributed by atoms with E-state index >= 15 is 0 Å². The van der Waals surface area contributed by atoms with Gasteiger partial charge in [0.15, 0.2) is 6.61 Å². The quantitative estimate of drug-likeness (QED) is 0.355. The Morgan fingerprint density at radius 3 is 2.42 bits per heavy atom. The molecule has 9 heteroatoms. The van der Waals surface area contributed by atoms with E-state index in [0.717, 1.165) is 22.9 Å². The summed E-state index contributed by atoms with van der Waals surface area (Å²) in [6.07, 6.45) is 2.43. The normalized spacial score (nSPS) is 11.7. The van der Waals surface area contributed by atoms with Gasteiger partial charge in [0, 0.05) is 35.8 Å². The van der Waals surface area contributed by atoms with Crippen LogP contribution >= 0.6 is 0 Å². The van der Waals surface area contributed by atoms with Crippen molar-refractivity contribution in [2.75, 3.05) is 26.8 Å². The molecular weight excluding hydrogens is 444 g/mol. The molecule has 176 valence electrons. The standard InChI is InChI=1S/C24H28N2O6S/c1-5-16-9-8-10-18-19(14-25-23(16)18)20(27)15-32-24(28)17-11-12-21(31-4)22(13-17)33(29,30)26(6-2)7-3/h8-14,25H,5-7,15H2,1-4H3. The zero-order valence-corrected chi connectivity index (χ0v) is 20.0. The van der Waals surface area contributed by atoms with Crippen molar-refractivity contribution in [3.63, 3.8) is 0 Å². The number of carbonyl (C=O) groups excluding carboxylic acids is 2. The molecule has 0 saturated carbocycles. The number of methoxy groups -OCH3 is 1. The van der Waals surface area contributed by atoms with Crippen molar-refractivity contribution in [3.05, 3.63) is 59.3 Å². The number of Topliss-reactive ketones (excluding diaryl/α,β-unsaturated/α-hetero) is 1. The summed E-state index contributed by atoms with van der Waals surface area (Å²) >= 11 is 0. The molecule has 8 nitrogen and oxygen atoms in total. The van der Waals surface area contributed by atoms with Crippen molar-refractivity contribution in [1.82, 2.24) is 9.29 Å². The van der Waals surface area contributed by atoms with Crippen LogP contribution in [0.5, 0.6) is 5.75 Å². The van der Waals surface area contributed by atoms with E-state index in [-0.39, 0.29) is 35.1 Å². The first-order valence-corrected chi connectivity index (χ1v) is 12.2. The molecule has 0 unspecified atom stereocenters. The van der Waals surface area contributed by atoms with Crippen molar-refractivity contribution >= 4 is 32.7 Å². The molecule has 1 aromatic heterocycles. The molecule has 2 aromatic carbocycles. The molecule has 0 aliphatic rings. The van der Waals surface area contributed by atoms with Crippen LogP contribution in [0.1, 0.15) is 47.1 Å². The van der Waals surface area contributed by atoms with Crippen LogP contribution in [0, 0.1) is 0 Å². The summed E-state index contributed by atoms with van der Waals surface area (Å²) in [6.45, 7) is 5.57. The Hall–Kier alpha value is -3.17. The fourth-order valence-electron chi connectivity index (χ4n) is 3.74. The first-order valence-electron chi connectivity index (χ1n) is 10.8. The SMILES string of the molecule is CCc1cccc2c(C(=O)COC(=O)c3ccc(OC)c(S(=O)(=O)N(CC)CC)c3)c[nH]c12. The van der Waals surface area contributed by atoms with Gasteiger partial charge in [-0.25, -0.2) is 13.2 Å². The molecule has 1 N–H and O–H groups in total. The molecular formula is C24H28N2O6S. The number of sulfonamides is 1. The summed E-state index contributed by atoms with van der Waals surface area (Å²) < 4.78 is 37.7. The van der Waals surface area contributed by atoms with Crippen LogP contribution in [0.4, 0.5) is 0 Å². The number of hydrogen-bond acceptors (Lipinski definition) is 6. The van der Waals surface area contributed by atoms with E-state index < -0.39 is 22.6 Å². The fraction of sp³-hybridized carbons (Fsp3) is 0.333. The molecule has 0 bridgehead atoms. The predicted molar refractivity (Wildman–Crippen MR) is 125 cm³/mol. The maximum absolute atomic E-state index is 13.0. The van der Waals surface area contributed by atoms with Gasteiger partial charge in [0.05, 0.1) is 12.7 Å².